The molecule has 0 fully saturated rings. The van der Waals surface area contributed by atoms with Crippen molar-refractivity contribution < 1.29 is 9.84 Å². The number of nitrogens with zero attached hydrogens (tertiary/aromatic N) is 1. The molecule has 0 saturated carbocycles. The molecule has 3 nitrogen and oxygen atoms in total. The van der Waals surface area contributed by atoms with Gasteiger partial charge in [-0.05, 0) is 26.4 Å². The van der Waals surface area contributed by atoms with Gasteiger partial charge in [-0.2, -0.15) is 0 Å². The van der Waals surface area contributed by atoms with Crippen molar-refractivity contribution in [2.24, 2.45) is 0 Å². The van der Waals surface area contributed by atoms with E-state index in [2.05, 4.69) is 11.9 Å². The second kappa shape index (κ2) is 9.96. The van der Waals surface area contributed by atoms with Gasteiger partial charge in [0.1, 0.15) is 0 Å². The first-order valence-corrected chi connectivity index (χ1v) is 5.09. The van der Waals surface area contributed by atoms with Gasteiger partial charge in [0, 0.05) is 20.3 Å². The van der Waals surface area contributed by atoms with Crippen LogP contribution in [-0.4, -0.2) is 50.5 Å². The number of methoxy groups -OCH3 is 1. The van der Waals surface area contributed by atoms with Crippen LogP contribution in [0.2, 0.25) is 0 Å². The van der Waals surface area contributed by atoms with E-state index >= 15 is 0 Å². The summed E-state index contributed by atoms with van der Waals surface area (Å²) >= 11 is 0. The smallest absolute Gasteiger partial charge is 0.0589 e. The molecule has 3 heteroatoms. The number of hydrogen-bond acceptors (Lipinski definition) is 3. The Labute approximate surface area is 81.7 Å². The van der Waals surface area contributed by atoms with Crippen molar-refractivity contribution >= 4 is 0 Å². The maximum absolute atomic E-state index is 8.56. The van der Waals surface area contributed by atoms with E-state index in [-0.39, 0.29) is 0 Å². The minimum atomic E-state index is 0.333. The average molecular weight is 189 g/mol. The molecule has 0 aliphatic carbocycles. The maximum atomic E-state index is 8.56. The molecule has 0 aromatic carbocycles. The Balaban J connectivity index is 3.03. The van der Waals surface area contributed by atoms with E-state index in [1.165, 1.54) is 12.8 Å². The van der Waals surface area contributed by atoms with Crippen LogP contribution in [0.1, 0.15) is 25.7 Å². The lowest BCUT2D eigenvalue weighted by Gasteiger charge is -2.15. The Hall–Kier alpha value is -0.120. The molecule has 0 unspecified atom stereocenters. The topological polar surface area (TPSA) is 32.7 Å². The molecule has 0 spiro atoms. The largest absolute Gasteiger partial charge is 0.396 e. The van der Waals surface area contributed by atoms with Gasteiger partial charge in [-0.3, -0.25) is 0 Å². The molecule has 0 atom stereocenters. The zero-order valence-corrected chi connectivity index (χ0v) is 8.96. The lowest BCUT2D eigenvalue weighted by molar-refractivity contribution is 0.160. The van der Waals surface area contributed by atoms with Crippen LogP contribution in [0.3, 0.4) is 0 Å². The van der Waals surface area contributed by atoms with Crippen molar-refractivity contribution in [1.29, 1.82) is 0 Å². The predicted molar refractivity (Wildman–Crippen MR) is 54.9 cm³/mol. The molecule has 80 valence electrons. The molecule has 1 N–H and O–H groups in total. The van der Waals surface area contributed by atoms with E-state index < -0.39 is 0 Å². The molecular formula is C10H23NO2. The Morgan fingerprint density at radius 3 is 2.38 bits per heavy atom. The van der Waals surface area contributed by atoms with E-state index in [0.29, 0.717) is 6.61 Å². The fourth-order valence-electron chi connectivity index (χ4n) is 1.21. The van der Waals surface area contributed by atoms with Crippen molar-refractivity contribution in [3.05, 3.63) is 0 Å². The van der Waals surface area contributed by atoms with Gasteiger partial charge >= 0.3 is 0 Å². The Morgan fingerprint density at radius 1 is 1.08 bits per heavy atom. The second-order valence-electron chi connectivity index (χ2n) is 3.43. The van der Waals surface area contributed by atoms with Crippen LogP contribution in [0.15, 0.2) is 0 Å². The molecular weight excluding hydrogens is 166 g/mol. The number of rotatable bonds is 9. The lowest BCUT2D eigenvalue weighted by Crippen LogP contribution is -2.23. The third-order valence-electron chi connectivity index (χ3n) is 2.13. The van der Waals surface area contributed by atoms with Gasteiger partial charge in [0.25, 0.3) is 0 Å². The number of likely N-dealkylation sites (N-methyl/N-ethyl adjacent to an activating group) is 1. The quantitative estimate of drug-likeness (QED) is 0.552. The summed E-state index contributed by atoms with van der Waals surface area (Å²) in [6, 6.07) is 0. The summed E-state index contributed by atoms with van der Waals surface area (Å²) in [5.74, 6) is 0. The first-order valence-electron chi connectivity index (χ1n) is 5.09. The standard InChI is InChI=1S/C10H23NO2/c1-11(8-10-13-2)7-5-3-4-6-9-12/h12H,3-10H2,1-2H3. The fraction of sp³-hybridized carbons (Fsp3) is 1.00. The highest BCUT2D eigenvalue weighted by Gasteiger charge is 1.96. The molecule has 0 aliphatic rings. The monoisotopic (exact) mass is 189 g/mol. The number of ether oxygens (including phenoxy) is 1. The van der Waals surface area contributed by atoms with Crippen molar-refractivity contribution in [3.8, 4) is 0 Å². The summed E-state index contributed by atoms with van der Waals surface area (Å²) in [5, 5.41) is 8.56. The second-order valence-corrected chi connectivity index (χ2v) is 3.43. The summed E-state index contributed by atoms with van der Waals surface area (Å²) in [4.78, 5) is 2.28. The van der Waals surface area contributed by atoms with E-state index in [1.807, 2.05) is 0 Å². The number of aliphatic hydroxyl groups excluding tert-OH is 1. The molecule has 0 heterocycles. The van der Waals surface area contributed by atoms with Crippen LogP contribution in [0.4, 0.5) is 0 Å². The molecule has 0 radical (unpaired) electrons. The maximum Gasteiger partial charge on any atom is 0.0589 e. The minimum absolute atomic E-state index is 0.333. The Morgan fingerprint density at radius 2 is 1.77 bits per heavy atom. The Bertz CT molecular complexity index is 98.9. The highest BCUT2D eigenvalue weighted by atomic mass is 16.5. The van der Waals surface area contributed by atoms with E-state index in [1.54, 1.807) is 7.11 Å². The average Bonchev–Trinajstić information content (AvgIpc) is 2.14. The molecule has 0 aromatic heterocycles. The summed E-state index contributed by atoms with van der Waals surface area (Å²) in [6.07, 6.45) is 4.54. The van der Waals surface area contributed by atoms with Crippen molar-refractivity contribution in [2.45, 2.75) is 25.7 Å². The van der Waals surface area contributed by atoms with E-state index in [4.69, 9.17) is 9.84 Å². The highest BCUT2D eigenvalue weighted by molar-refractivity contribution is 4.51. The van der Waals surface area contributed by atoms with Gasteiger partial charge in [0.05, 0.1) is 6.61 Å². The van der Waals surface area contributed by atoms with Crippen LogP contribution in [0, 0.1) is 0 Å². The summed E-state index contributed by atoms with van der Waals surface area (Å²) in [7, 11) is 3.85. The van der Waals surface area contributed by atoms with Gasteiger partial charge in [-0.1, -0.05) is 12.8 Å². The number of hydrogen-bond donors (Lipinski definition) is 1. The molecule has 0 saturated heterocycles. The first-order chi connectivity index (χ1) is 6.31. The summed E-state index contributed by atoms with van der Waals surface area (Å²) in [5.41, 5.74) is 0. The Kier molecular flexibility index (Phi) is 9.87. The number of aliphatic hydroxyl groups is 1. The molecule has 0 bridgehead atoms. The van der Waals surface area contributed by atoms with Gasteiger partial charge in [0.15, 0.2) is 0 Å². The predicted octanol–water partition coefficient (Wildman–Crippen LogP) is 1.12. The normalized spacial score (nSPS) is 11.1. The number of unbranched alkanes of at least 4 members (excludes halogenated alkanes) is 3. The fourth-order valence-corrected chi connectivity index (χ4v) is 1.21. The highest BCUT2D eigenvalue weighted by Crippen LogP contribution is 1.99. The molecule has 0 aliphatic heterocycles. The van der Waals surface area contributed by atoms with Gasteiger partial charge < -0.3 is 14.7 Å². The molecule has 13 heavy (non-hydrogen) atoms. The zero-order chi connectivity index (χ0) is 9.94. The van der Waals surface area contributed by atoms with Crippen molar-refractivity contribution in [3.63, 3.8) is 0 Å². The minimum Gasteiger partial charge on any atom is -0.396 e. The first kappa shape index (κ1) is 12.9. The van der Waals surface area contributed by atoms with Gasteiger partial charge in [0.2, 0.25) is 0 Å². The summed E-state index contributed by atoms with van der Waals surface area (Å²) in [6.45, 7) is 3.29. The molecule has 0 aromatic rings. The van der Waals surface area contributed by atoms with Crippen LogP contribution >= 0.6 is 0 Å². The molecule has 0 rings (SSSR count). The lowest BCUT2D eigenvalue weighted by atomic mass is 10.2. The van der Waals surface area contributed by atoms with Crippen LogP contribution in [0.5, 0.6) is 0 Å². The van der Waals surface area contributed by atoms with Crippen molar-refractivity contribution in [1.82, 2.24) is 4.90 Å². The van der Waals surface area contributed by atoms with E-state index in [9.17, 15) is 0 Å². The third kappa shape index (κ3) is 9.80. The summed E-state index contributed by atoms with van der Waals surface area (Å²) < 4.78 is 4.98. The van der Waals surface area contributed by atoms with E-state index in [0.717, 1.165) is 32.5 Å². The van der Waals surface area contributed by atoms with Crippen molar-refractivity contribution in [2.75, 3.05) is 40.5 Å². The zero-order valence-electron chi connectivity index (χ0n) is 8.96. The van der Waals surface area contributed by atoms with Crippen LogP contribution in [-0.2, 0) is 4.74 Å². The van der Waals surface area contributed by atoms with Gasteiger partial charge in [-0.15, -0.1) is 0 Å². The molecule has 0 amide bonds. The van der Waals surface area contributed by atoms with Crippen LogP contribution < -0.4 is 0 Å². The SMILES string of the molecule is COCCN(C)CCCCCCO. The third-order valence-corrected chi connectivity index (χ3v) is 2.13. The van der Waals surface area contributed by atoms with Crippen LogP contribution in [0.25, 0.3) is 0 Å². The van der Waals surface area contributed by atoms with Gasteiger partial charge in [-0.25, -0.2) is 0 Å².